The van der Waals surface area contributed by atoms with E-state index in [1.165, 1.54) is 11.3 Å². The molecule has 4 aromatic heterocycles. The molecule has 10 heteroatoms. The third-order valence-corrected chi connectivity index (χ3v) is 8.02. The Bertz CT molecular complexity index is 1890. The van der Waals surface area contributed by atoms with E-state index in [-0.39, 0.29) is 17.6 Å². The third kappa shape index (κ3) is 5.48. The predicted molar refractivity (Wildman–Crippen MR) is 164 cm³/mol. The van der Waals surface area contributed by atoms with E-state index in [2.05, 4.69) is 15.3 Å². The van der Waals surface area contributed by atoms with Crippen LogP contribution in [0.2, 0.25) is 0 Å². The molecule has 0 fully saturated rings. The molecule has 2 aromatic carbocycles. The number of nitrogens with one attached hydrogen (secondary N) is 1. The number of carbonyl (C=O) groups is 2. The van der Waals surface area contributed by atoms with Gasteiger partial charge in [0.2, 0.25) is 5.95 Å². The maximum Gasteiger partial charge on any atom is 0.268 e. The van der Waals surface area contributed by atoms with E-state index < -0.39 is 0 Å². The number of aromatic nitrogens is 4. The maximum atomic E-state index is 13.4. The van der Waals surface area contributed by atoms with Gasteiger partial charge in [-0.1, -0.05) is 24.3 Å². The van der Waals surface area contributed by atoms with Crippen molar-refractivity contribution in [1.29, 1.82) is 0 Å². The van der Waals surface area contributed by atoms with Crippen molar-refractivity contribution in [1.82, 2.24) is 19.5 Å². The Hall–Kier alpha value is -5.35. The number of pyridine rings is 2. The van der Waals surface area contributed by atoms with Crippen LogP contribution in [0.5, 0.6) is 5.75 Å². The lowest BCUT2D eigenvalue weighted by molar-refractivity contribution is 0.0991. The zero-order valence-electron chi connectivity index (χ0n) is 22.6. The molecule has 0 aliphatic heterocycles. The van der Waals surface area contributed by atoms with Gasteiger partial charge in [0.05, 0.1) is 21.6 Å². The van der Waals surface area contributed by atoms with Crippen molar-refractivity contribution >= 4 is 45.8 Å². The van der Waals surface area contributed by atoms with Crippen LogP contribution < -0.4 is 10.2 Å². The summed E-state index contributed by atoms with van der Waals surface area (Å²) in [5.41, 5.74) is 4.11. The first kappa shape index (κ1) is 26.9. The smallest absolute Gasteiger partial charge is 0.268 e. The van der Waals surface area contributed by atoms with Crippen LogP contribution in [0.25, 0.3) is 21.5 Å². The van der Waals surface area contributed by atoms with E-state index >= 15 is 0 Å². The van der Waals surface area contributed by atoms with E-state index in [1.54, 1.807) is 60.9 Å². The molecule has 4 heterocycles. The summed E-state index contributed by atoms with van der Waals surface area (Å²) in [6, 6.07) is 25.4. The highest BCUT2D eigenvalue weighted by molar-refractivity contribution is 7.17. The lowest BCUT2D eigenvalue weighted by atomic mass is 10.2. The highest BCUT2D eigenvalue weighted by Gasteiger charge is 2.19. The van der Waals surface area contributed by atoms with E-state index in [0.717, 1.165) is 16.0 Å². The van der Waals surface area contributed by atoms with Crippen molar-refractivity contribution in [3.05, 3.63) is 120 Å². The molecule has 6 rings (SSSR count). The molecular formula is C32H26N6O3S. The SMILES string of the molecule is CN(C(=O)c1ccccc1)c1ccc2c(c1)nc(NC(=O)c1ccc(-c3cccnc3)s1)n2CCc1ncccc1O. The normalized spacial score (nSPS) is 11.0. The van der Waals surface area contributed by atoms with Gasteiger partial charge < -0.3 is 14.6 Å². The minimum atomic E-state index is -0.288. The van der Waals surface area contributed by atoms with Gasteiger partial charge in [-0.05, 0) is 60.7 Å². The molecular weight excluding hydrogens is 548 g/mol. The first-order chi connectivity index (χ1) is 20.5. The second-order valence-electron chi connectivity index (χ2n) is 9.57. The number of rotatable bonds is 8. The fourth-order valence-corrected chi connectivity index (χ4v) is 5.56. The van der Waals surface area contributed by atoms with E-state index in [1.807, 2.05) is 59.2 Å². The van der Waals surface area contributed by atoms with Gasteiger partial charge in [-0.3, -0.25) is 24.9 Å². The lowest BCUT2D eigenvalue weighted by Gasteiger charge is -2.17. The predicted octanol–water partition coefficient (Wildman–Crippen LogP) is 6.03. The maximum absolute atomic E-state index is 13.4. The number of imidazole rings is 1. The van der Waals surface area contributed by atoms with Crippen LogP contribution in [0.3, 0.4) is 0 Å². The summed E-state index contributed by atoms with van der Waals surface area (Å²) in [7, 11) is 1.72. The Morgan fingerprint density at radius 3 is 2.60 bits per heavy atom. The second-order valence-corrected chi connectivity index (χ2v) is 10.7. The highest BCUT2D eigenvalue weighted by atomic mass is 32.1. The largest absolute Gasteiger partial charge is 0.506 e. The Morgan fingerprint density at radius 2 is 1.81 bits per heavy atom. The fourth-order valence-electron chi connectivity index (χ4n) is 4.67. The molecule has 0 aliphatic carbocycles. The van der Waals surface area contributed by atoms with Crippen molar-refractivity contribution < 1.29 is 14.7 Å². The van der Waals surface area contributed by atoms with Gasteiger partial charge >= 0.3 is 0 Å². The van der Waals surface area contributed by atoms with Crippen LogP contribution in [0.4, 0.5) is 11.6 Å². The van der Waals surface area contributed by atoms with Crippen LogP contribution in [-0.4, -0.2) is 43.5 Å². The van der Waals surface area contributed by atoms with Gasteiger partial charge in [0.25, 0.3) is 11.8 Å². The molecule has 2 amide bonds. The van der Waals surface area contributed by atoms with Gasteiger partial charge in [0.15, 0.2) is 0 Å². The number of anilines is 2. The summed E-state index contributed by atoms with van der Waals surface area (Å²) < 4.78 is 1.89. The summed E-state index contributed by atoms with van der Waals surface area (Å²) in [5, 5.41) is 13.2. The highest BCUT2D eigenvalue weighted by Crippen LogP contribution is 2.30. The number of hydrogen-bond acceptors (Lipinski definition) is 7. The molecule has 0 bridgehead atoms. The second kappa shape index (κ2) is 11.6. The zero-order chi connectivity index (χ0) is 29.1. The third-order valence-electron chi connectivity index (χ3n) is 6.88. The summed E-state index contributed by atoms with van der Waals surface area (Å²) in [5.74, 6) is 0.0351. The van der Waals surface area contributed by atoms with Gasteiger partial charge in [-0.25, -0.2) is 4.98 Å². The standard InChI is InChI=1S/C32H26N6O3S/c1-37(31(41)21-7-3-2-4-8-21)23-11-12-26-25(19-23)35-32(38(26)18-15-24-27(39)10-6-17-34-24)36-30(40)29-14-13-28(42-29)22-9-5-16-33-20-22/h2-14,16-17,19-20,39H,15,18H2,1H3,(H,35,36,40). The Labute approximate surface area is 245 Å². The van der Waals surface area contributed by atoms with Crippen LogP contribution in [0.1, 0.15) is 25.7 Å². The molecule has 208 valence electrons. The lowest BCUT2D eigenvalue weighted by Crippen LogP contribution is -2.26. The zero-order valence-corrected chi connectivity index (χ0v) is 23.5. The molecule has 6 aromatic rings. The van der Waals surface area contributed by atoms with Crippen molar-refractivity contribution in [2.45, 2.75) is 13.0 Å². The fraction of sp³-hybridized carbons (Fsp3) is 0.0938. The molecule has 0 saturated heterocycles. The Kier molecular flexibility index (Phi) is 7.44. The summed E-state index contributed by atoms with van der Waals surface area (Å²) >= 11 is 1.37. The van der Waals surface area contributed by atoms with Gasteiger partial charge in [0.1, 0.15) is 5.75 Å². The van der Waals surface area contributed by atoms with Crippen molar-refractivity contribution in [2.24, 2.45) is 0 Å². The average molecular weight is 575 g/mol. The molecule has 0 unspecified atom stereocenters. The van der Waals surface area contributed by atoms with E-state index in [9.17, 15) is 14.7 Å². The van der Waals surface area contributed by atoms with Gasteiger partial charge in [0, 0.05) is 60.3 Å². The quantitative estimate of drug-likeness (QED) is 0.229. The summed E-state index contributed by atoms with van der Waals surface area (Å²) in [4.78, 5) is 42.7. The minimum Gasteiger partial charge on any atom is -0.506 e. The molecule has 0 spiro atoms. The van der Waals surface area contributed by atoms with Crippen molar-refractivity contribution in [3.8, 4) is 16.2 Å². The van der Waals surface area contributed by atoms with Crippen LogP contribution >= 0.6 is 11.3 Å². The molecule has 0 saturated carbocycles. The molecule has 42 heavy (non-hydrogen) atoms. The van der Waals surface area contributed by atoms with Crippen LogP contribution in [-0.2, 0) is 13.0 Å². The average Bonchev–Trinajstić information content (AvgIpc) is 3.66. The number of carbonyl (C=O) groups excluding carboxylic acids is 2. The van der Waals surface area contributed by atoms with Gasteiger partial charge in [-0.15, -0.1) is 11.3 Å². The van der Waals surface area contributed by atoms with Crippen LogP contribution in [0.15, 0.2) is 104 Å². The first-order valence-corrected chi connectivity index (χ1v) is 14.1. The van der Waals surface area contributed by atoms with E-state index in [0.29, 0.717) is 46.3 Å². The number of thiophene rings is 1. The number of fused-ring (bicyclic) bond motifs is 1. The summed E-state index contributed by atoms with van der Waals surface area (Å²) in [6.45, 7) is 0.403. The monoisotopic (exact) mass is 574 g/mol. The van der Waals surface area contributed by atoms with Crippen molar-refractivity contribution in [3.63, 3.8) is 0 Å². The number of amides is 2. The van der Waals surface area contributed by atoms with E-state index in [4.69, 9.17) is 4.98 Å². The number of nitrogens with zero attached hydrogens (tertiary/aromatic N) is 5. The Balaban J connectivity index is 1.32. The molecule has 0 aliphatic rings. The molecule has 0 radical (unpaired) electrons. The Morgan fingerprint density at radius 1 is 0.976 bits per heavy atom. The van der Waals surface area contributed by atoms with Crippen LogP contribution in [0, 0.1) is 0 Å². The van der Waals surface area contributed by atoms with Crippen molar-refractivity contribution in [2.75, 3.05) is 17.3 Å². The summed E-state index contributed by atoms with van der Waals surface area (Å²) in [6.07, 6.45) is 5.52. The molecule has 0 atom stereocenters. The number of benzene rings is 2. The molecule has 9 nitrogen and oxygen atoms in total. The number of aromatic hydroxyl groups is 1. The number of hydrogen-bond donors (Lipinski definition) is 2. The van der Waals surface area contributed by atoms with Gasteiger partial charge in [-0.2, -0.15) is 0 Å². The first-order valence-electron chi connectivity index (χ1n) is 13.3. The minimum absolute atomic E-state index is 0.109. The number of aryl methyl sites for hydroxylation is 2. The molecule has 2 N–H and O–H groups in total. The topological polar surface area (TPSA) is 113 Å².